The lowest BCUT2D eigenvalue weighted by Gasteiger charge is -2.30. The lowest BCUT2D eigenvalue weighted by molar-refractivity contribution is -0.384. The van der Waals surface area contributed by atoms with Crippen molar-refractivity contribution in [1.29, 1.82) is 0 Å². The molecule has 0 unspecified atom stereocenters. The number of carbonyl (C=O) groups is 1. The Morgan fingerprint density at radius 2 is 1.97 bits per heavy atom. The Morgan fingerprint density at radius 3 is 2.62 bits per heavy atom. The van der Waals surface area contributed by atoms with Crippen molar-refractivity contribution < 1.29 is 18.1 Å². The van der Waals surface area contributed by atoms with E-state index in [2.05, 4.69) is 5.32 Å². The normalized spacial score (nSPS) is 16.2. The summed E-state index contributed by atoms with van der Waals surface area (Å²) < 4.78 is 23.6. The fraction of sp³-hybridized carbons (Fsp3) is 0.350. The Balaban J connectivity index is 1.67. The summed E-state index contributed by atoms with van der Waals surface area (Å²) in [6.07, 6.45) is 4.48. The molecule has 1 heterocycles. The highest BCUT2D eigenvalue weighted by atomic mass is 32.2. The first-order valence-corrected chi connectivity index (χ1v) is 11.3. The number of hydrogen-bond donors (Lipinski definition) is 1. The number of sulfone groups is 1. The SMILES string of the molecule is CS(=O)(=O)c1ccc2c(c1)CCCN2C(=O)c1ccc(NC2CC2)c([N+](=O)[O-])c1. The summed E-state index contributed by atoms with van der Waals surface area (Å²) in [4.78, 5) is 25.9. The van der Waals surface area contributed by atoms with Crippen LogP contribution in [-0.2, 0) is 16.3 Å². The van der Waals surface area contributed by atoms with Crippen LogP contribution >= 0.6 is 0 Å². The molecule has 2 aromatic carbocycles. The Hall–Kier alpha value is -2.94. The number of fused-ring (bicyclic) bond motifs is 1. The molecule has 2 aliphatic rings. The average molecular weight is 415 g/mol. The summed E-state index contributed by atoms with van der Waals surface area (Å²) >= 11 is 0. The fourth-order valence-corrected chi connectivity index (χ4v) is 4.23. The molecular formula is C20H21N3O5S. The number of amides is 1. The Labute approximate surface area is 168 Å². The van der Waals surface area contributed by atoms with Gasteiger partial charge < -0.3 is 10.2 Å². The molecule has 1 saturated carbocycles. The molecule has 152 valence electrons. The molecule has 0 aromatic heterocycles. The lowest BCUT2D eigenvalue weighted by Crippen LogP contribution is -2.35. The summed E-state index contributed by atoms with van der Waals surface area (Å²) in [5.41, 5.74) is 1.97. The number of aryl methyl sites for hydroxylation is 1. The van der Waals surface area contributed by atoms with Crippen LogP contribution in [0, 0.1) is 10.1 Å². The first kappa shape index (κ1) is 19.4. The third-order valence-corrected chi connectivity index (χ3v) is 6.33. The zero-order chi connectivity index (χ0) is 20.8. The Kier molecular flexibility index (Phi) is 4.77. The zero-order valence-corrected chi connectivity index (χ0v) is 16.7. The van der Waals surface area contributed by atoms with Crippen molar-refractivity contribution in [2.45, 2.75) is 36.6 Å². The molecule has 0 radical (unpaired) electrons. The number of carbonyl (C=O) groups excluding carboxylic acids is 1. The van der Waals surface area contributed by atoms with Crippen molar-refractivity contribution >= 4 is 32.8 Å². The van der Waals surface area contributed by atoms with Gasteiger partial charge in [-0.05, 0) is 61.6 Å². The molecule has 4 rings (SSSR count). The van der Waals surface area contributed by atoms with Crippen LogP contribution in [-0.4, -0.2) is 38.1 Å². The maximum absolute atomic E-state index is 13.1. The molecule has 1 fully saturated rings. The van der Waals surface area contributed by atoms with Crippen molar-refractivity contribution in [2.75, 3.05) is 23.0 Å². The number of benzene rings is 2. The average Bonchev–Trinajstić information content (AvgIpc) is 3.50. The Bertz CT molecular complexity index is 1110. The van der Waals surface area contributed by atoms with E-state index in [1.165, 1.54) is 12.1 Å². The second kappa shape index (κ2) is 7.14. The number of nitro benzene ring substituents is 1. The Morgan fingerprint density at radius 1 is 1.21 bits per heavy atom. The van der Waals surface area contributed by atoms with Gasteiger partial charge in [0.2, 0.25) is 0 Å². The van der Waals surface area contributed by atoms with Gasteiger partial charge in [-0.25, -0.2) is 8.42 Å². The van der Waals surface area contributed by atoms with Gasteiger partial charge in [0, 0.05) is 36.2 Å². The molecule has 0 saturated heterocycles. The highest BCUT2D eigenvalue weighted by Crippen LogP contribution is 2.34. The van der Waals surface area contributed by atoms with Gasteiger partial charge in [-0.15, -0.1) is 0 Å². The maximum atomic E-state index is 13.1. The molecule has 8 nitrogen and oxygen atoms in total. The predicted molar refractivity (Wildman–Crippen MR) is 109 cm³/mol. The standard InChI is InChI=1S/C20H21N3O5S/c1-29(27,28)16-7-9-18-13(11-16)3-2-10-22(18)20(24)14-4-8-17(21-15-5-6-15)19(12-14)23(25)26/h4,7-9,11-12,15,21H,2-3,5-6,10H2,1H3. The molecule has 2 aromatic rings. The largest absolute Gasteiger partial charge is 0.377 e. The van der Waals surface area contributed by atoms with Crippen LogP contribution in [0.5, 0.6) is 0 Å². The molecule has 0 spiro atoms. The third kappa shape index (κ3) is 3.95. The minimum Gasteiger partial charge on any atom is -0.377 e. The quantitative estimate of drug-likeness (QED) is 0.593. The van der Waals surface area contributed by atoms with Gasteiger partial charge in [0.1, 0.15) is 5.69 Å². The van der Waals surface area contributed by atoms with Gasteiger partial charge >= 0.3 is 0 Å². The van der Waals surface area contributed by atoms with E-state index in [1.807, 2.05) is 0 Å². The van der Waals surface area contributed by atoms with Crippen LogP contribution in [0.1, 0.15) is 35.2 Å². The summed E-state index contributed by atoms with van der Waals surface area (Å²) in [5.74, 6) is -0.334. The zero-order valence-electron chi connectivity index (χ0n) is 15.9. The number of rotatable bonds is 5. The van der Waals surface area contributed by atoms with Crippen LogP contribution < -0.4 is 10.2 Å². The molecule has 9 heteroatoms. The van der Waals surface area contributed by atoms with Crippen LogP contribution in [0.4, 0.5) is 17.1 Å². The van der Waals surface area contributed by atoms with Gasteiger partial charge in [0.05, 0.1) is 9.82 Å². The molecule has 1 N–H and O–H groups in total. The second-order valence-electron chi connectivity index (χ2n) is 7.53. The minimum atomic E-state index is -3.34. The van der Waals surface area contributed by atoms with Crippen LogP contribution in [0.3, 0.4) is 0 Å². The molecule has 1 aliphatic carbocycles. The first-order chi connectivity index (χ1) is 13.7. The van der Waals surface area contributed by atoms with Gasteiger partial charge in [0.15, 0.2) is 9.84 Å². The van der Waals surface area contributed by atoms with Gasteiger partial charge in [-0.3, -0.25) is 14.9 Å². The summed E-state index contributed by atoms with van der Waals surface area (Å²) in [6, 6.07) is 9.49. The number of nitrogens with zero attached hydrogens (tertiary/aromatic N) is 2. The van der Waals surface area contributed by atoms with Crippen molar-refractivity contribution in [2.24, 2.45) is 0 Å². The van der Waals surface area contributed by atoms with E-state index in [-0.39, 0.29) is 28.1 Å². The van der Waals surface area contributed by atoms with E-state index in [0.29, 0.717) is 30.8 Å². The number of anilines is 2. The summed E-state index contributed by atoms with van der Waals surface area (Å²) in [7, 11) is -3.34. The maximum Gasteiger partial charge on any atom is 0.293 e. The molecular weight excluding hydrogens is 394 g/mol. The molecule has 1 aliphatic heterocycles. The predicted octanol–water partition coefficient (Wildman–Crippen LogP) is 3.17. The van der Waals surface area contributed by atoms with E-state index in [9.17, 15) is 23.3 Å². The minimum absolute atomic E-state index is 0.118. The molecule has 1 amide bonds. The first-order valence-electron chi connectivity index (χ1n) is 9.44. The van der Waals surface area contributed by atoms with E-state index in [0.717, 1.165) is 24.7 Å². The number of nitrogens with one attached hydrogen (secondary N) is 1. The van der Waals surface area contributed by atoms with Crippen LogP contribution in [0.2, 0.25) is 0 Å². The van der Waals surface area contributed by atoms with Crippen LogP contribution in [0.25, 0.3) is 0 Å². The highest BCUT2D eigenvalue weighted by molar-refractivity contribution is 7.90. The fourth-order valence-electron chi connectivity index (χ4n) is 3.56. The van der Waals surface area contributed by atoms with Crippen molar-refractivity contribution in [3.8, 4) is 0 Å². The number of nitro groups is 1. The van der Waals surface area contributed by atoms with Crippen molar-refractivity contribution in [3.63, 3.8) is 0 Å². The number of hydrogen-bond acceptors (Lipinski definition) is 6. The summed E-state index contributed by atoms with van der Waals surface area (Å²) in [5, 5.41) is 14.6. The van der Waals surface area contributed by atoms with Crippen molar-refractivity contribution in [1.82, 2.24) is 0 Å². The summed E-state index contributed by atoms with van der Waals surface area (Å²) in [6.45, 7) is 0.472. The second-order valence-corrected chi connectivity index (χ2v) is 9.55. The topological polar surface area (TPSA) is 110 Å². The van der Waals surface area contributed by atoms with E-state index >= 15 is 0 Å². The van der Waals surface area contributed by atoms with E-state index in [1.54, 1.807) is 29.2 Å². The third-order valence-electron chi connectivity index (χ3n) is 5.22. The van der Waals surface area contributed by atoms with Crippen molar-refractivity contribution in [3.05, 3.63) is 57.6 Å². The molecule has 0 bridgehead atoms. The molecule has 0 atom stereocenters. The van der Waals surface area contributed by atoms with Gasteiger partial charge in [-0.2, -0.15) is 0 Å². The van der Waals surface area contributed by atoms with Gasteiger partial charge in [-0.1, -0.05) is 0 Å². The highest BCUT2D eigenvalue weighted by Gasteiger charge is 2.28. The monoisotopic (exact) mass is 415 g/mol. The smallest absolute Gasteiger partial charge is 0.293 e. The van der Waals surface area contributed by atoms with Crippen LogP contribution in [0.15, 0.2) is 41.3 Å². The van der Waals surface area contributed by atoms with E-state index < -0.39 is 14.8 Å². The van der Waals surface area contributed by atoms with Gasteiger partial charge in [0.25, 0.3) is 11.6 Å². The lowest BCUT2D eigenvalue weighted by atomic mass is 10.0. The van der Waals surface area contributed by atoms with E-state index in [4.69, 9.17) is 0 Å². The molecule has 29 heavy (non-hydrogen) atoms.